The maximum atomic E-state index is 12.1. The molecule has 0 spiro atoms. The molecule has 0 saturated heterocycles. The minimum atomic E-state index is 0.115. The third-order valence-corrected chi connectivity index (χ3v) is 4.21. The van der Waals surface area contributed by atoms with Crippen LogP contribution in [-0.4, -0.2) is 41.5 Å². The highest BCUT2D eigenvalue weighted by Gasteiger charge is 2.21. The van der Waals surface area contributed by atoms with E-state index < -0.39 is 0 Å². The van der Waals surface area contributed by atoms with Crippen molar-refractivity contribution in [3.05, 3.63) is 29.6 Å². The molecule has 1 fully saturated rings. The summed E-state index contributed by atoms with van der Waals surface area (Å²) in [4.78, 5) is 18.8. The van der Waals surface area contributed by atoms with Crippen molar-refractivity contribution in [3.63, 3.8) is 0 Å². The summed E-state index contributed by atoms with van der Waals surface area (Å²) in [5.74, 6) is 0.115. The van der Waals surface area contributed by atoms with Crippen LogP contribution in [0.15, 0.2) is 18.2 Å². The van der Waals surface area contributed by atoms with Gasteiger partial charge in [-0.2, -0.15) is 0 Å². The number of carbonyl (C=O) groups is 1. The largest absolute Gasteiger partial charge is 0.352 e. The topological polar surface area (TPSA) is 45.2 Å². The van der Waals surface area contributed by atoms with Crippen molar-refractivity contribution in [2.24, 2.45) is 0 Å². The van der Waals surface area contributed by atoms with Crippen LogP contribution in [0.1, 0.15) is 44.0 Å². The van der Waals surface area contributed by atoms with E-state index in [1.807, 2.05) is 32.0 Å². The predicted octanol–water partition coefficient (Wildman–Crippen LogP) is 2.31. The second-order valence-corrected chi connectivity index (χ2v) is 6.30. The van der Waals surface area contributed by atoms with Gasteiger partial charge in [0.1, 0.15) is 0 Å². The number of rotatable bonds is 6. The Bertz CT molecular complexity index is 469. The molecule has 1 amide bonds. The third kappa shape index (κ3) is 5.12. The lowest BCUT2D eigenvalue weighted by atomic mass is 10.1. The molecular weight excluding hydrogens is 262 g/mol. The molecule has 1 aliphatic rings. The third-order valence-electron chi connectivity index (χ3n) is 4.21. The van der Waals surface area contributed by atoms with Gasteiger partial charge in [-0.1, -0.05) is 18.9 Å². The molecule has 21 heavy (non-hydrogen) atoms. The fourth-order valence-corrected chi connectivity index (χ4v) is 3.10. The fourth-order valence-electron chi connectivity index (χ4n) is 3.10. The van der Waals surface area contributed by atoms with Gasteiger partial charge in [-0.25, -0.2) is 0 Å². The van der Waals surface area contributed by atoms with E-state index >= 15 is 0 Å². The molecule has 1 aliphatic carbocycles. The summed E-state index contributed by atoms with van der Waals surface area (Å²) < 4.78 is 0. The van der Waals surface area contributed by atoms with Crippen LogP contribution < -0.4 is 5.32 Å². The normalized spacial score (nSPS) is 17.1. The monoisotopic (exact) mass is 289 g/mol. The van der Waals surface area contributed by atoms with Crippen LogP contribution in [-0.2, 0) is 11.2 Å². The van der Waals surface area contributed by atoms with Gasteiger partial charge < -0.3 is 5.32 Å². The second kappa shape index (κ2) is 7.55. The van der Waals surface area contributed by atoms with E-state index in [-0.39, 0.29) is 11.9 Å². The first kappa shape index (κ1) is 16.0. The molecule has 0 unspecified atom stereocenters. The molecule has 116 valence electrons. The number of nitrogens with zero attached hydrogens (tertiary/aromatic N) is 2. The van der Waals surface area contributed by atoms with E-state index in [0.29, 0.717) is 12.6 Å². The summed E-state index contributed by atoms with van der Waals surface area (Å²) >= 11 is 0. The summed E-state index contributed by atoms with van der Waals surface area (Å²) in [6.07, 6.45) is 5.83. The van der Waals surface area contributed by atoms with Crippen LogP contribution in [0.3, 0.4) is 0 Å². The van der Waals surface area contributed by atoms with Gasteiger partial charge >= 0.3 is 0 Å². The fraction of sp³-hybridized carbons (Fsp3) is 0.647. The smallest absolute Gasteiger partial charge is 0.234 e. The minimum absolute atomic E-state index is 0.115. The van der Waals surface area contributed by atoms with Gasteiger partial charge in [0.15, 0.2) is 0 Å². The minimum Gasteiger partial charge on any atom is -0.352 e. The number of hydrogen-bond donors (Lipinski definition) is 1. The first-order chi connectivity index (χ1) is 10.0. The summed E-state index contributed by atoms with van der Waals surface area (Å²) in [5.41, 5.74) is 2.05. The molecule has 1 aromatic heterocycles. The quantitative estimate of drug-likeness (QED) is 0.874. The van der Waals surface area contributed by atoms with Crippen molar-refractivity contribution in [1.82, 2.24) is 15.2 Å². The highest BCUT2D eigenvalue weighted by Crippen LogP contribution is 2.21. The molecule has 1 saturated carbocycles. The molecule has 1 heterocycles. The van der Waals surface area contributed by atoms with Crippen molar-refractivity contribution < 1.29 is 4.79 Å². The number of carbonyl (C=O) groups excluding carboxylic acids is 1. The van der Waals surface area contributed by atoms with E-state index in [1.165, 1.54) is 25.7 Å². The average Bonchev–Trinajstić information content (AvgIpc) is 2.91. The van der Waals surface area contributed by atoms with Crippen LogP contribution >= 0.6 is 0 Å². The van der Waals surface area contributed by atoms with Crippen LogP contribution in [0.4, 0.5) is 0 Å². The first-order valence-electron chi connectivity index (χ1n) is 7.96. The Morgan fingerprint density at radius 1 is 1.43 bits per heavy atom. The Morgan fingerprint density at radius 3 is 2.81 bits per heavy atom. The SMILES string of the molecule is Cc1cccc(C[C@H](C)NC(=O)CN(C)C2CCCC2)n1. The average molecular weight is 289 g/mol. The van der Waals surface area contributed by atoms with Gasteiger partial charge in [0.2, 0.25) is 5.91 Å². The van der Waals surface area contributed by atoms with Crippen LogP contribution in [0.25, 0.3) is 0 Å². The zero-order chi connectivity index (χ0) is 15.2. The Morgan fingerprint density at radius 2 is 2.14 bits per heavy atom. The summed E-state index contributed by atoms with van der Waals surface area (Å²) in [6.45, 7) is 4.52. The molecule has 0 radical (unpaired) electrons. The van der Waals surface area contributed by atoms with Gasteiger partial charge in [-0.3, -0.25) is 14.7 Å². The lowest BCUT2D eigenvalue weighted by molar-refractivity contribution is -0.123. The van der Waals surface area contributed by atoms with Crippen molar-refractivity contribution in [3.8, 4) is 0 Å². The van der Waals surface area contributed by atoms with E-state index in [0.717, 1.165) is 17.8 Å². The van der Waals surface area contributed by atoms with Crippen LogP contribution in [0.2, 0.25) is 0 Å². The Labute approximate surface area is 127 Å². The lowest BCUT2D eigenvalue weighted by Crippen LogP contribution is -2.43. The van der Waals surface area contributed by atoms with Crippen LogP contribution in [0, 0.1) is 6.92 Å². The van der Waals surface area contributed by atoms with Gasteiger partial charge in [0.05, 0.1) is 6.54 Å². The van der Waals surface area contributed by atoms with Gasteiger partial charge in [-0.15, -0.1) is 0 Å². The van der Waals surface area contributed by atoms with Gasteiger partial charge in [0.25, 0.3) is 0 Å². The predicted molar refractivity (Wildman–Crippen MR) is 85.2 cm³/mol. The van der Waals surface area contributed by atoms with Gasteiger partial charge in [-0.05, 0) is 45.9 Å². The zero-order valence-corrected chi connectivity index (χ0v) is 13.4. The maximum Gasteiger partial charge on any atom is 0.234 e. The molecule has 1 N–H and O–H groups in total. The molecule has 0 aliphatic heterocycles. The van der Waals surface area contributed by atoms with E-state index in [2.05, 4.69) is 22.2 Å². The van der Waals surface area contributed by atoms with E-state index in [4.69, 9.17) is 0 Å². The molecule has 4 heteroatoms. The summed E-state index contributed by atoms with van der Waals surface area (Å²) in [7, 11) is 2.06. The zero-order valence-electron chi connectivity index (χ0n) is 13.4. The molecule has 0 aromatic carbocycles. The Kier molecular flexibility index (Phi) is 5.74. The van der Waals surface area contributed by atoms with Crippen molar-refractivity contribution in [2.45, 2.75) is 58.0 Å². The molecule has 1 atom stereocenters. The number of amides is 1. The number of nitrogens with one attached hydrogen (secondary N) is 1. The number of aryl methyl sites for hydroxylation is 1. The number of hydrogen-bond acceptors (Lipinski definition) is 3. The summed E-state index contributed by atoms with van der Waals surface area (Å²) in [5, 5.41) is 3.08. The standard InChI is InChI=1S/C17H27N3O/c1-13-7-6-8-15(18-13)11-14(2)19-17(21)12-20(3)16-9-4-5-10-16/h6-8,14,16H,4-5,9-12H2,1-3H3,(H,19,21)/t14-/m0/s1. The molecule has 2 rings (SSSR count). The highest BCUT2D eigenvalue weighted by atomic mass is 16.2. The maximum absolute atomic E-state index is 12.1. The Hall–Kier alpha value is -1.42. The van der Waals surface area contributed by atoms with E-state index in [1.54, 1.807) is 0 Å². The number of pyridine rings is 1. The Balaban J connectivity index is 1.76. The molecular formula is C17H27N3O. The number of likely N-dealkylation sites (N-methyl/N-ethyl adjacent to an activating group) is 1. The van der Waals surface area contributed by atoms with Crippen molar-refractivity contribution in [2.75, 3.05) is 13.6 Å². The van der Waals surface area contributed by atoms with Crippen LogP contribution in [0.5, 0.6) is 0 Å². The van der Waals surface area contributed by atoms with Gasteiger partial charge in [0, 0.05) is 29.9 Å². The van der Waals surface area contributed by atoms with Crippen molar-refractivity contribution >= 4 is 5.91 Å². The summed E-state index contributed by atoms with van der Waals surface area (Å²) in [6, 6.07) is 6.72. The number of aromatic nitrogens is 1. The van der Waals surface area contributed by atoms with Crippen molar-refractivity contribution in [1.29, 1.82) is 0 Å². The molecule has 4 nitrogen and oxygen atoms in total. The lowest BCUT2D eigenvalue weighted by Gasteiger charge is -2.24. The first-order valence-corrected chi connectivity index (χ1v) is 7.96. The van der Waals surface area contributed by atoms with E-state index in [9.17, 15) is 4.79 Å². The molecule has 0 bridgehead atoms. The second-order valence-electron chi connectivity index (χ2n) is 6.30. The molecule has 1 aromatic rings. The highest BCUT2D eigenvalue weighted by molar-refractivity contribution is 5.78.